The molecule has 0 saturated carbocycles. The standard InChI is InChI=1S/C13H18N2O4/c1-8(16)9-3-2-4-10(5-9)14-13(19)15-6-11(17)12(18)7-15/h2-5,8,11-12,16-18H,6-7H2,1H3,(H,14,19). The number of aliphatic hydroxyl groups is 3. The molecule has 1 heterocycles. The number of nitrogens with one attached hydrogen (secondary N) is 1. The molecule has 3 atom stereocenters. The summed E-state index contributed by atoms with van der Waals surface area (Å²) in [6, 6.07) is 6.53. The van der Waals surface area contributed by atoms with E-state index in [-0.39, 0.29) is 19.1 Å². The molecule has 0 bridgehead atoms. The molecule has 6 heteroatoms. The van der Waals surface area contributed by atoms with Crippen LogP contribution in [0.4, 0.5) is 10.5 Å². The topological polar surface area (TPSA) is 93.0 Å². The summed E-state index contributed by atoms with van der Waals surface area (Å²) in [6.07, 6.45) is -2.39. The molecule has 1 fully saturated rings. The molecule has 0 aliphatic carbocycles. The van der Waals surface area contributed by atoms with Crippen LogP contribution >= 0.6 is 0 Å². The Labute approximate surface area is 111 Å². The molecule has 2 rings (SSSR count). The Bertz CT molecular complexity index is 454. The highest BCUT2D eigenvalue weighted by Gasteiger charge is 2.32. The second-order valence-corrected chi connectivity index (χ2v) is 4.77. The van der Waals surface area contributed by atoms with Crippen LogP contribution in [0, 0.1) is 0 Å². The highest BCUT2D eigenvalue weighted by molar-refractivity contribution is 5.89. The Balaban J connectivity index is 2.01. The van der Waals surface area contributed by atoms with Gasteiger partial charge in [0, 0.05) is 5.69 Å². The van der Waals surface area contributed by atoms with Gasteiger partial charge in [0.25, 0.3) is 0 Å². The second-order valence-electron chi connectivity index (χ2n) is 4.77. The third-order valence-corrected chi connectivity index (χ3v) is 3.17. The predicted molar refractivity (Wildman–Crippen MR) is 69.7 cm³/mol. The van der Waals surface area contributed by atoms with Crippen LogP contribution in [0.25, 0.3) is 0 Å². The number of anilines is 1. The third kappa shape index (κ3) is 3.23. The van der Waals surface area contributed by atoms with Crippen LogP contribution in [0.3, 0.4) is 0 Å². The molecule has 0 spiro atoms. The minimum Gasteiger partial charge on any atom is -0.389 e. The summed E-state index contributed by atoms with van der Waals surface area (Å²) < 4.78 is 0. The van der Waals surface area contributed by atoms with E-state index in [0.717, 1.165) is 0 Å². The van der Waals surface area contributed by atoms with Gasteiger partial charge in [-0.2, -0.15) is 0 Å². The summed E-state index contributed by atoms with van der Waals surface area (Å²) in [5.74, 6) is 0. The van der Waals surface area contributed by atoms with Crippen LogP contribution in [0.15, 0.2) is 24.3 Å². The Morgan fingerprint density at radius 2 is 2.00 bits per heavy atom. The van der Waals surface area contributed by atoms with E-state index in [1.165, 1.54) is 4.90 Å². The minimum absolute atomic E-state index is 0.114. The summed E-state index contributed by atoms with van der Waals surface area (Å²) in [6.45, 7) is 1.88. The molecule has 1 aliphatic rings. The maximum atomic E-state index is 11.9. The average molecular weight is 266 g/mol. The molecule has 1 aromatic rings. The van der Waals surface area contributed by atoms with Gasteiger partial charge in [0.2, 0.25) is 0 Å². The van der Waals surface area contributed by atoms with Crippen molar-refractivity contribution in [2.75, 3.05) is 18.4 Å². The molecule has 2 amide bonds. The SMILES string of the molecule is CC(O)c1cccc(NC(=O)N2CC(O)C(O)C2)c1. The Morgan fingerprint density at radius 3 is 2.58 bits per heavy atom. The lowest BCUT2D eigenvalue weighted by atomic mass is 10.1. The number of aliphatic hydroxyl groups excluding tert-OH is 3. The van der Waals surface area contributed by atoms with Crippen molar-refractivity contribution in [1.29, 1.82) is 0 Å². The van der Waals surface area contributed by atoms with Gasteiger partial charge >= 0.3 is 6.03 Å². The number of urea groups is 1. The number of amides is 2. The van der Waals surface area contributed by atoms with Crippen molar-refractivity contribution >= 4 is 11.7 Å². The Morgan fingerprint density at radius 1 is 1.37 bits per heavy atom. The van der Waals surface area contributed by atoms with Gasteiger partial charge in [0.15, 0.2) is 0 Å². The van der Waals surface area contributed by atoms with Crippen molar-refractivity contribution in [2.45, 2.75) is 25.2 Å². The Hall–Kier alpha value is -1.63. The molecule has 6 nitrogen and oxygen atoms in total. The zero-order valence-corrected chi connectivity index (χ0v) is 10.7. The van der Waals surface area contributed by atoms with Gasteiger partial charge in [-0.15, -0.1) is 0 Å². The molecule has 3 unspecified atom stereocenters. The molecular weight excluding hydrogens is 248 g/mol. The number of hydrogen-bond donors (Lipinski definition) is 4. The molecule has 1 aliphatic heterocycles. The van der Waals surface area contributed by atoms with Gasteiger partial charge in [0.1, 0.15) is 0 Å². The predicted octanol–water partition coefficient (Wildman–Crippen LogP) is 0.309. The molecule has 104 valence electrons. The highest BCUT2D eigenvalue weighted by atomic mass is 16.3. The first-order valence-electron chi connectivity index (χ1n) is 6.17. The molecule has 1 saturated heterocycles. The lowest BCUT2D eigenvalue weighted by Gasteiger charge is -2.17. The fraction of sp³-hybridized carbons (Fsp3) is 0.462. The lowest BCUT2D eigenvalue weighted by molar-refractivity contribution is 0.0572. The van der Waals surface area contributed by atoms with Crippen molar-refractivity contribution in [3.63, 3.8) is 0 Å². The van der Waals surface area contributed by atoms with Gasteiger partial charge in [-0.3, -0.25) is 0 Å². The smallest absolute Gasteiger partial charge is 0.322 e. The largest absolute Gasteiger partial charge is 0.389 e. The first kappa shape index (κ1) is 13.8. The van der Waals surface area contributed by atoms with Crippen molar-refractivity contribution in [1.82, 2.24) is 4.90 Å². The van der Waals surface area contributed by atoms with E-state index in [0.29, 0.717) is 11.3 Å². The van der Waals surface area contributed by atoms with Gasteiger partial charge in [-0.05, 0) is 24.6 Å². The van der Waals surface area contributed by atoms with Crippen molar-refractivity contribution in [2.24, 2.45) is 0 Å². The number of carbonyl (C=O) groups excluding carboxylic acids is 1. The second kappa shape index (κ2) is 5.56. The first-order chi connectivity index (χ1) is 8.97. The van der Waals surface area contributed by atoms with Gasteiger partial charge in [0.05, 0.1) is 31.4 Å². The van der Waals surface area contributed by atoms with Crippen LogP contribution in [-0.2, 0) is 0 Å². The van der Waals surface area contributed by atoms with E-state index >= 15 is 0 Å². The molecule has 4 N–H and O–H groups in total. The number of carbonyl (C=O) groups is 1. The van der Waals surface area contributed by atoms with E-state index < -0.39 is 18.3 Å². The van der Waals surface area contributed by atoms with Crippen LogP contribution < -0.4 is 5.32 Å². The molecule has 19 heavy (non-hydrogen) atoms. The first-order valence-corrected chi connectivity index (χ1v) is 6.17. The van der Waals surface area contributed by atoms with E-state index in [2.05, 4.69) is 5.32 Å². The van der Waals surface area contributed by atoms with E-state index in [4.69, 9.17) is 0 Å². The zero-order chi connectivity index (χ0) is 14.0. The maximum absolute atomic E-state index is 11.9. The van der Waals surface area contributed by atoms with Crippen molar-refractivity contribution in [3.05, 3.63) is 29.8 Å². The summed E-state index contributed by atoms with van der Waals surface area (Å²) in [7, 11) is 0. The summed E-state index contributed by atoms with van der Waals surface area (Å²) in [5, 5.41) is 30.9. The van der Waals surface area contributed by atoms with Gasteiger partial charge < -0.3 is 25.5 Å². The van der Waals surface area contributed by atoms with Gasteiger partial charge in [-0.1, -0.05) is 12.1 Å². The molecular formula is C13H18N2O4. The lowest BCUT2D eigenvalue weighted by Crippen LogP contribution is -2.33. The van der Waals surface area contributed by atoms with Crippen molar-refractivity contribution in [3.8, 4) is 0 Å². The number of likely N-dealkylation sites (tertiary alicyclic amines) is 1. The quantitative estimate of drug-likeness (QED) is 0.620. The third-order valence-electron chi connectivity index (χ3n) is 3.17. The molecule has 0 aromatic heterocycles. The molecule has 1 aromatic carbocycles. The van der Waals surface area contributed by atoms with Crippen LogP contribution in [0.5, 0.6) is 0 Å². The van der Waals surface area contributed by atoms with E-state index in [1.54, 1.807) is 31.2 Å². The van der Waals surface area contributed by atoms with Gasteiger partial charge in [-0.25, -0.2) is 4.79 Å². The van der Waals surface area contributed by atoms with E-state index in [1.807, 2.05) is 0 Å². The normalized spacial score (nSPS) is 24.3. The monoisotopic (exact) mass is 266 g/mol. The number of hydrogen-bond acceptors (Lipinski definition) is 4. The minimum atomic E-state index is -0.894. The summed E-state index contributed by atoms with van der Waals surface area (Å²) in [5.41, 5.74) is 1.28. The Kier molecular flexibility index (Phi) is 4.04. The maximum Gasteiger partial charge on any atom is 0.322 e. The van der Waals surface area contributed by atoms with Crippen LogP contribution in [0.2, 0.25) is 0 Å². The van der Waals surface area contributed by atoms with E-state index in [9.17, 15) is 20.1 Å². The summed E-state index contributed by atoms with van der Waals surface area (Å²) >= 11 is 0. The van der Waals surface area contributed by atoms with Crippen molar-refractivity contribution < 1.29 is 20.1 Å². The fourth-order valence-electron chi connectivity index (χ4n) is 2.01. The van der Waals surface area contributed by atoms with Crippen LogP contribution in [0.1, 0.15) is 18.6 Å². The zero-order valence-electron chi connectivity index (χ0n) is 10.7. The van der Waals surface area contributed by atoms with Crippen LogP contribution in [-0.4, -0.2) is 51.5 Å². The number of β-amino-alcohol motifs (C(OH)–C–C–N with tert-alkyl or cyclic N) is 2. The average Bonchev–Trinajstić information content (AvgIpc) is 2.70. The highest BCUT2D eigenvalue weighted by Crippen LogP contribution is 2.18. The number of benzene rings is 1. The summed E-state index contributed by atoms with van der Waals surface area (Å²) in [4.78, 5) is 13.3. The fourth-order valence-corrected chi connectivity index (χ4v) is 2.01. The number of nitrogens with zero attached hydrogens (tertiary/aromatic N) is 1. The molecule has 0 radical (unpaired) electrons. The number of rotatable bonds is 2.